The molecule has 1 saturated carbocycles. The standard InChI is InChI=1S/C38H45FN4O5S/c39-29-21-26(10-15-40-23-32(45)30-8-9-31(44)33-34(30)49-36(47)41-33)20-27(22-29)24-42-16-13-37(14-17-42)25-43(18-19-48-37)35(46)38(11-4-5-12-38)28-6-2-1-3-7-28/h1-3,6-9,20-22,32,40,44-45H,4-5,10-19,23-25H2,(H,41,47)/t32-/m0/s1. The van der Waals surface area contributed by atoms with E-state index in [0.717, 1.165) is 79.6 Å². The number of likely N-dealkylation sites (tertiary alicyclic amines) is 1. The van der Waals surface area contributed by atoms with Crippen LogP contribution < -0.4 is 10.2 Å². The first-order chi connectivity index (χ1) is 23.7. The number of rotatable bonds is 10. The molecule has 3 aromatic carbocycles. The molecule has 4 aromatic rings. The van der Waals surface area contributed by atoms with Crippen LogP contribution in [0, 0.1) is 5.82 Å². The number of benzene rings is 3. The Labute approximate surface area is 289 Å². The Morgan fingerprint density at radius 2 is 1.78 bits per heavy atom. The van der Waals surface area contributed by atoms with Gasteiger partial charge in [0.25, 0.3) is 0 Å². The summed E-state index contributed by atoms with van der Waals surface area (Å²) in [7, 11) is 0. The van der Waals surface area contributed by atoms with Gasteiger partial charge < -0.3 is 30.2 Å². The van der Waals surface area contributed by atoms with Crippen LogP contribution in [0.15, 0.2) is 65.5 Å². The van der Waals surface area contributed by atoms with Gasteiger partial charge in [-0.05, 0) is 73.5 Å². The summed E-state index contributed by atoms with van der Waals surface area (Å²) in [4.78, 5) is 32.7. The molecular weight excluding hydrogens is 644 g/mol. The molecule has 1 spiro atoms. The number of morpholine rings is 1. The molecule has 3 heterocycles. The fourth-order valence-corrected chi connectivity index (χ4v) is 9.12. The molecule has 1 aromatic heterocycles. The van der Waals surface area contributed by atoms with E-state index in [2.05, 4.69) is 38.3 Å². The number of fused-ring (bicyclic) bond motifs is 1. The molecule has 4 N–H and O–H groups in total. The lowest BCUT2D eigenvalue weighted by Crippen LogP contribution is -2.60. The number of carbonyl (C=O) groups excluding carboxylic acids is 1. The largest absolute Gasteiger partial charge is 0.506 e. The monoisotopic (exact) mass is 688 g/mol. The fourth-order valence-electron chi connectivity index (χ4n) is 8.20. The second-order valence-electron chi connectivity index (χ2n) is 14.0. The van der Waals surface area contributed by atoms with Gasteiger partial charge >= 0.3 is 4.87 Å². The number of aliphatic hydroxyl groups excluding tert-OH is 1. The minimum atomic E-state index is -0.869. The molecule has 1 aliphatic carbocycles. The van der Waals surface area contributed by atoms with Crippen molar-refractivity contribution in [1.82, 2.24) is 20.1 Å². The van der Waals surface area contributed by atoms with Crippen molar-refractivity contribution in [3.8, 4) is 5.75 Å². The number of halogens is 1. The summed E-state index contributed by atoms with van der Waals surface area (Å²) in [6, 6.07) is 18.6. The zero-order chi connectivity index (χ0) is 34.0. The van der Waals surface area contributed by atoms with Crippen LogP contribution in [0.4, 0.5) is 4.39 Å². The number of nitrogens with one attached hydrogen (secondary N) is 2. The minimum absolute atomic E-state index is 0.0275. The van der Waals surface area contributed by atoms with Crippen LogP contribution in [0.5, 0.6) is 5.75 Å². The molecule has 3 fully saturated rings. The molecule has 49 heavy (non-hydrogen) atoms. The van der Waals surface area contributed by atoms with Crippen molar-refractivity contribution in [2.75, 3.05) is 45.9 Å². The predicted octanol–water partition coefficient (Wildman–Crippen LogP) is 5.01. The van der Waals surface area contributed by atoms with E-state index >= 15 is 0 Å². The first-order valence-electron chi connectivity index (χ1n) is 17.5. The number of carbonyl (C=O) groups is 1. The number of H-pyrrole nitrogens is 1. The van der Waals surface area contributed by atoms with Crippen molar-refractivity contribution in [1.29, 1.82) is 0 Å². The Morgan fingerprint density at radius 3 is 2.55 bits per heavy atom. The van der Waals surface area contributed by atoms with Crippen LogP contribution >= 0.6 is 11.3 Å². The predicted molar refractivity (Wildman–Crippen MR) is 188 cm³/mol. The highest BCUT2D eigenvalue weighted by Crippen LogP contribution is 2.44. The normalized spacial score (nSPS) is 19.8. The van der Waals surface area contributed by atoms with Crippen LogP contribution in [0.1, 0.15) is 66.9 Å². The molecule has 0 bridgehead atoms. The topological polar surface area (TPSA) is 118 Å². The van der Waals surface area contributed by atoms with Gasteiger partial charge in [-0.2, -0.15) is 0 Å². The molecule has 11 heteroatoms. The average molecular weight is 689 g/mol. The Hall–Kier alpha value is -3.61. The van der Waals surface area contributed by atoms with E-state index in [1.54, 1.807) is 18.2 Å². The summed E-state index contributed by atoms with van der Waals surface area (Å²) >= 11 is 0.959. The van der Waals surface area contributed by atoms with Crippen LogP contribution in [-0.2, 0) is 27.9 Å². The summed E-state index contributed by atoms with van der Waals surface area (Å²) in [5.41, 5.74) is 3.09. The second kappa shape index (κ2) is 14.3. The number of aromatic nitrogens is 1. The van der Waals surface area contributed by atoms with Crippen molar-refractivity contribution in [2.45, 2.75) is 68.6 Å². The zero-order valence-electron chi connectivity index (χ0n) is 27.8. The number of aromatic hydroxyl groups is 1. The molecule has 260 valence electrons. The molecule has 7 rings (SSSR count). The van der Waals surface area contributed by atoms with Crippen LogP contribution in [-0.4, -0.2) is 82.4 Å². The summed E-state index contributed by atoms with van der Waals surface area (Å²) in [6.45, 7) is 4.88. The van der Waals surface area contributed by atoms with Crippen molar-refractivity contribution < 1.29 is 24.1 Å². The van der Waals surface area contributed by atoms with E-state index in [0.29, 0.717) is 55.0 Å². The number of thiazole rings is 1. The smallest absolute Gasteiger partial charge is 0.305 e. The zero-order valence-corrected chi connectivity index (χ0v) is 28.6. The SMILES string of the molecule is O=C(N1CCOC2(CCN(Cc3cc(F)cc(CCNC[C@H](O)c4ccc(O)c5[nH]c(=O)sc45)c3)CC2)C1)C1(c2ccccc2)CCCC1. The maximum absolute atomic E-state index is 14.7. The molecule has 2 saturated heterocycles. The molecule has 0 unspecified atom stereocenters. The van der Waals surface area contributed by atoms with Crippen molar-refractivity contribution in [3.05, 3.63) is 98.4 Å². The second-order valence-corrected chi connectivity index (χ2v) is 15.0. The number of aromatic amines is 1. The summed E-state index contributed by atoms with van der Waals surface area (Å²) in [5.74, 6) is -0.0339. The Bertz CT molecular complexity index is 1830. The molecule has 1 atom stereocenters. The Kier molecular flexibility index (Phi) is 9.90. The molecule has 3 aliphatic rings. The maximum Gasteiger partial charge on any atom is 0.305 e. The number of aliphatic hydroxyl groups is 1. The third-order valence-corrected chi connectivity index (χ3v) is 11.7. The number of amides is 1. The summed E-state index contributed by atoms with van der Waals surface area (Å²) in [5, 5.41) is 24.0. The van der Waals surface area contributed by atoms with Gasteiger partial charge in [0, 0.05) is 44.8 Å². The molecular formula is C38H45FN4O5S. The van der Waals surface area contributed by atoms with E-state index in [4.69, 9.17) is 4.74 Å². The van der Waals surface area contributed by atoms with E-state index in [1.807, 2.05) is 18.2 Å². The Morgan fingerprint density at radius 1 is 1.02 bits per heavy atom. The van der Waals surface area contributed by atoms with Gasteiger partial charge in [0.15, 0.2) is 0 Å². The minimum Gasteiger partial charge on any atom is -0.506 e. The highest BCUT2D eigenvalue weighted by Gasteiger charge is 2.48. The number of piperidine rings is 1. The summed E-state index contributed by atoms with van der Waals surface area (Å²) < 4.78 is 21.7. The first-order valence-corrected chi connectivity index (χ1v) is 18.3. The lowest BCUT2D eigenvalue weighted by Gasteiger charge is -2.49. The van der Waals surface area contributed by atoms with Crippen LogP contribution in [0.2, 0.25) is 0 Å². The van der Waals surface area contributed by atoms with Gasteiger partial charge in [-0.3, -0.25) is 14.5 Å². The van der Waals surface area contributed by atoms with Gasteiger partial charge in [0.05, 0.1) is 28.4 Å². The third-order valence-electron chi connectivity index (χ3n) is 10.8. The number of nitrogens with zero attached hydrogens (tertiary/aromatic N) is 2. The van der Waals surface area contributed by atoms with Crippen molar-refractivity contribution >= 4 is 27.5 Å². The number of hydrogen-bond donors (Lipinski definition) is 4. The summed E-state index contributed by atoms with van der Waals surface area (Å²) in [6.07, 6.45) is 5.35. The molecule has 0 radical (unpaired) electrons. The van der Waals surface area contributed by atoms with Gasteiger partial charge in [-0.1, -0.05) is 66.6 Å². The number of phenolic OH excluding ortho intramolecular Hbond substituents is 1. The molecule has 9 nitrogen and oxygen atoms in total. The molecule has 2 aliphatic heterocycles. The van der Waals surface area contributed by atoms with E-state index in [9.17, 15) is 24.2 Å². The first kappa shape index (κ1) is 33.9. The highest BCUT2D eigenvalue weighted by molar-refractivity contribution is 7.16. The van der Waals surface area contributed by atoms with Gasteiger partial charge in [0.1, 0.15) is 17.1 Å². The lowest BCUT2D eigenvalue weighted by atomic mass is 9.77. The Balaban J connectivity index is 0.915. The van der Waals surface area contributed by atoms with Crippen molar-refractivity contribution in [2.24, 2.45) is 0 Å². The van der Waals surface area contributed by atoms with Gasteiger partial charge in [-0.25, -0.2) is 4.39 Å². The van der Waals surface area contributed by atoms with E-state index in [1.165, 1.54) is 6.07 Å². The number of ether oxygens (including phenoxy) is 1. The van der Waals surface area contributed by atoms with E-state index in [-0.39, 0.29) is 34.5 Å². The maximum atomic E-state index is 14.7. The number of phenols is 1. The van der Waals surface area contributed by atoms with Gasteiger partial charge in [-0.15, -0.1) is 0 Å². The fraction of sp³-hybridized carbons (Fsp3) is 0.474. The quantitative estimate of drug-likeness (QED) is 0.173. The van der Waals surface area contributed by atoms with Crippen LogP contribution in [0.3, 0.4) is 0 Å². The number of hydrogen-bond acceptors (Lipinski definition) is 8. The van der Waals surface area contributed by atoms with Gasteiger partial charge in [0.2, 0.25) is 5.91 Å². The van der Waals surface area contributed by atoms with E-state index < -0.39 is 11.5 Å². The lowest BCUT2D eigenvalue weighted by molar-refractivity contribution is -0.164. The average Bonchev–Trinajstić information content (AvgIpc) is 3.76. The van der Waals surface area contributed by atoms with Crippen molar-refractivity contribution in [3.63, 3.8) is 0 Å². The molecule has 1 amide bonds. The highest BCUT2D eigenvalue weighted by atomic mass is 32.1. The van der Waals surface area contributed by atoms with Crippen LogP contribution in [0.25, 0.3) is 10.2 Å². The third kappa shape index (κ3) is 7.18.